The van der Waals surface area contributed by atoms with Crippen molar-refractivity contribution >= 4 is 43.9 Å². The fourth-order valence-electron chi connectivity index (χ4n) is 4.38. The molecule has 0 radical (unpaired) electrons. The number of Topliss-reactive ketones (excluding diaryl/α,β-unsaturated/α-hetero) is 1. The van der Waals surface area contributed by atoms with Gasteiger partial charge in [0.15, 0.2) is 10.7 Å². The summed E-state index contributed by atoms with van der Waals surface area (Å²) in [6.45, 7) is 3.58. The molecular formula is C25H26ClN3OS. The number of benzene rings is 2. The minimum atomic E-state index is 0.244. The van der Waals surface area contributed by atoms with E-state index in [2.05, 4.69) is 15.5 Å². The van der Waals surface area contributed by atoms with Crippen molar-refractivity contribution in [1.29, 1.82) is 0 Å². The Morgan fingerprint density at radius 1 is 1.03 bits per heavy atom. The second kappa shape index (κ2) is 9.11. The number of carbonyl (C=O) groups is 1. The maximum Gasteiger partial charge on any atom is 0.195 e. The SMILES string of the molecule is O=C(CCCCN1CCCCC1)c1ccc2c(c1)sc1nc(-c3ccc(Cl)cc3)cn12. The molecule has 1 saturated heterocycles. The fourth-order valence-corrected chi connectivity index (χ4v) is 5.56. The average Bonchev–Trinajstić information content (AvgIpc) is 3.35. The van der Waals surface area contributed by atoms with Gasteiger partial charge in [0.05, 0.1) is 15.9 Å². The van der Waals surface area contributed by atoms with Crippen LogP contribution in [0.3, 0.4) is 0 Å². The van der Waals surface area contributed by atoms with Crippen LogP contribution in [-0.4, -0.2) is 39.7 Å². The Balaban J connectivity index is 1.26. The lowest BCUT2D eigenvalue weighted by molar-refractivity contribution is 0.0977. The smallest absolute Gasteiger partial charge is 0.195 e. The van der Waals surface area contributed by atoms with Gasteiger partial charge in [-0.15, -0.1) is 0 Å². The van der Waals surface area contributed by atoms with Gasteiger partial charge in [-0.05, 0) is 75.6 Å². The van der Waals surface area contributed by atoms with Crippen LogP contribution in [0.4, 0.5) is 0 Å². The zero-order valence-electron chi connectivity index (χ0n) is 17.5. The molecule has 2 aromatic carbocycles. The summed E-state index contributed by atoms with van der Waals surface area (Å²) in [5, 5.41) is 0.721. The van der Waals surface area contributed by atoms with Gasteiger partial charge in [-0.1, -0.05) is 41.5 Å². The van der Waals surface area contributed by atoms with Gasteiger partial charge in [0.1, 0.15) is 0 Å². The van der Waals surface area contributed by atoms with Crippen LogP contribution < -0.4 is 0 Å². The molecule has 1 aliphatic rings. The molecule has 0 atom stereocenters. The number of unbranched alkanes of at least 4 members (excludes halogenated alkanes) is 1. The highest BCUT2D eigenvalue weighted by atomic mass is 35.5. The van der Waals surface area contributed by atoms with Crippen molar-refractivity contribution in [1.82, 2.24) is 14.3 Å². The summed E-state index contributed by atoms with van der Waals surface area (Å²) in [4.78, 5) is 21.0. The third-order valence-electron chi connectivity index (χ3n) is 6.13. The van der Waals surface area contributed by atoms with Crippen molar-refractivity contribution in [3.8, 4) is 11.3 Å². The summed E-state index contributed by atoms with van der Waals surface area (Å²) in [6, 6.07) is 13.8. The zero-order chi connectivity index (χ0) is 21.2. The number of imidazole rings is 1. The second-order valence-corrected chi connectivity index (χ2v) is 9.80. The van der Waals surface area contributed by atoms with E-state index in [0.717, 1.165) is 56.4 Å². The first kappa shape index (κ1) is 20.7. The first-order chi connectivity index (χ1) is 15.2. The van der Waals surface area contributed by atoms with Gasteiger partial charge in [0.25, 0.3) is 0 Å². The van der Waals surface area contributed by atoms with E-state index in [9.17, 15) is 4.79 Å². The lowest BCUT2D eigenvalue weighted by Crippen LogP contribution is -2.30. The number of likely N-dealkylation sites (tertiary alicyclic amines) is 1. The van der Waals surface area contributed by atoms with E-state index in [0.29, 0.717) is 6.42 Å². The summed E-state index contributed by atoms with van der Waals surface area (Å²) >= 11 is 7.62. The molecule has 5 rings (SSSR count). The van der Waals surface area contributed by atoms with Gasteiger partial charge in [-0.2, -0.15) is 0 Å². The first-order valence-electron chi connectivity index (χ1n) is 11.1. The molecule has 31 heavy (non-hydrogen) atoms. The van der Waals surface area contributed by atoms with E-state index in [1.165, 1.54) is 32.4 Å². The van der Waals surface area contributed by atoms with E-state index < -0.39 is 0 Å². The van der Waals surface area contributed by atoms with Crippen molar-refractivity contribution in [2.24, 2.45) is 0 Å². The number of aromatic nitrogens is 2. The largest absolute Gasteiger partial charge is 0.303 e. The molecule has 0 N–H and O–H groups in total. The summed E-state index contributed by atoms with van der Waals surface area (Å²) in [6.07, 6.45) is 8.77. The molecule has 0 unspecified atom stereocenters. The highest BCUT2D eigenvalue weighted by Crippen LogP contribution is 2.31. The van der Waals surface area contributed by atoms with Crippen LogP contribution in [-0.2, 0) is 0 Å². The Kier molecular flexibility index (Phi) is 6.08. The molecule has 0 bridgehead atoms. The van der Waals surface area contributed by atoms with Gasteiger partial charge < -0.3 is 4.90 Å². The van der Waals surface area contributed by atoms with Gasteiger partial charge >= 0.3 is 0 Å². The lowest BCUT2D eigenvalue weighted by Gasteiger charge is -2.26. The molecule has 0 aliphatic carbocycles. The summed E-state index contributed by atoms with van der Waals surface area (Å²) in [5.74, 6) is 0.244. The van der Waals surface area contributed by atoms with E-state index in [1.54, 1.807) is 11.3 Å². The standard InChI is InChI=1S/C25H26ClN3OS/c26-20-10-7-18(8-11-20)21-17-29-22-12-9-19(16-24(22)31-25(29)27-21)23(30)6-2-5-15-28-13-3-1-4-14-28/h7-12,16-17H,1-6,13-15H2. The maximum absolute atomic E-state index is 12.7. The molecule has 3 heterocycles. The van der Waals surface area contributed by atoms with Crippen LogP contribution >= 0.6 is 22.9 Å². The highest BCUT2D eigenvalue weighted by Gasteiger charge is 2.14. The predicted molar refractivity (Wildman–Crippen MR) is 129 cm³/mol. The van der Waals surface area contributed by atoms with Crippen molar-refractivity contribution in [2.45, 2.75) is 38.5 Å². The topological polar surface area (TPSA) is 37.6 Å². The molecular weight excluding hydrogens is 426 g/mol. The second-order valence-electron chi connectivity index (χ2n) is 8.35. The number of thiazole rings is 1. The van der Waals surface area contributed by atoms with Crippen molar-refractivity contribution in [2.75, 3.05) is 19.6 Å². The number of fused-ring (bicyclic) bond motifs is 3. The normalized spacial score (nSPS) is 15.1. The number of hydrogen-bond acceptors (Lipinski definition) is 4. The summed E-state index contributed by atoms with van der Waals surface area (Å²) < 4.78 is 3.21. The maximum atomic E-state index is 12.7. The van der Waals surface area contributed by atoms with Crippen molar-refractivity contribution < 1.29 is 4.79 Å². The number of carbonyl (C=O) groups excluding carboxylic acids is 1. The van der Waals surface area contributed by atoms with Crippen LogP contribution in [0.15, 0.2) is 48.7 Å². The van der Waals surface area contributed by atoms with E-state index in [4.69, 9.17) is 16.6 Å². The number of ketones is 1. The molecule has 4 aromatic rings. The fraction of sp³-hybridized carbons (Fsp3) is 0.360. The number of nitrogens with zero attached hydrogens (tertiary/aromatic N) is 3. The van der Waals surface area contributed by atoms with Crippen LogP contribution in [0.2, 0.25) is 5.02 Å². The Morgan fingerprint density at radius 2 is 1.84 bits per heavy atom. The van der Waals surface area contributed by atoms with E-state index in [-0.39, 0.29) is 5.78 Å². The third-order valence-corrected chi connectivity index (χ3v) is 7.40. The Morgan fingerprint density at radius 3 is 2.65 bits per heavy atom. The van der Waals surface area contributed by atoms with Crippen molar-refractivity contribution in [3.63, 3.8) is 0 Å². The molecule has 1 aliphatic heterocycles. The number of piperidine rings is 1. The molecule has 4 nitrogen and oxygen atoms in total. The first-order valence-corrected chi connectivity index (χ1v) is 12.3. The number of rotatable bonds is 7. The van der Waals surface area contributed by atoms with E-state index >= 15 is 0 Å². The molecule has 2 aromatic heterocycles. The Bertz CT molecular complexity index is 1200. The minimum absolute atomic E-state index is 0.244. The van der Waals surface area contributed by atoms with Crippen LogP contribution in [0.1, 0.15) is 48.9 Å². The minimum Gasteiger partial charge on any atom is -0.303 e. The third kappa shape index (κ3) is 4.54. The highest BCUT2D eigenvalue weighted by molar-refractivity contribution is 7.23. The Hall–Kier alpha value is -2.21. The monoisotopic (exact) mass is 451 g/mol. The van der Waals surface area contributed by atoms with Gasteiger partial charge in [0, 0.05) is 28.8 Å². The molecule has 160 valence electrons. The quantitative estimate of drug-likeness (QED) is 0.231. The Labute approximate surface area is 191 Å². The summed E-state index contributed by atoms with van der Waals surface area (Å²) in [5.41, 5.74) is 3.88. The van der Waals surface area contributed by atoms with Crippen molar-refractivity contribution in [3.05, 3.63) is 59.2 Å². The van der Waals surface area contributed by atoms with Crippen LogP contribution in [0.5, 0.6) is 0 Å². The molecule has 0 amide bonds. The van der Waals surface area contributed by atoms with Crippen LogP contribution in [0.25, 0.3) is 26.4 Å². The number of halogens is 1. The zero-order valence-corrected chi connectivity index (χ0v) is 19.1. The van der Waals surface area contributed by atoms with Gasteiger partial charge in [0.2, 0.25) is 0 Å². The lowest BCUT2D eigenvalue weighted by atomic mass is 10.0. The average molecular weight is 452 g/mol. The molecule has 0 saturated carbocycles. The van der Waals surface area contributed by atoms with E-state index in [1.807, 2.05) is 42.5 Å². The molecule has 0 spiro atoms. The van der Waals surface area contributed by atoms with Gasteiger partial charge in [-0.25, -0.2) is 4.98 Å². The van der Waals surface area contributed by atoms with Gasteiger partial charge in [-0.3, -0.25) is 9.20 Å². The molecule has 6 heteroatoms. The molecule has 1 fully saturated rings. The predicted octanol–water partition coefficient (Wildman–Crippen LogP) is 6.71. The van der Waals surface area contributed by atoms with Crippen LogP contribution in [0, 0.1) is 0 Å². The summed E-state index contributed by atoms with van der Waals surface area (Å²) in [7, 11) is 0. The number of hydrogen-bond donors (Lipinski definition) is 0.